The fraction of sp³-hybridized carbons (Fsp3) is 0.500. The number of aromatic nitrogens is 3. The van der Waals surface area contributed by atoms with Crippen LogP contribution in [0.4, 0.5) is 11.9 Å². The zero-order valence-corrected chi connectivity index (χ0v) is 9.39. The first-order valence-electron chi connectivity index (χ1n) is 4.54. The molecular formula is C8H14N6O2. The molecule has 0 saturated carbocycles. The normalized spacial score (nSPS) is 9.69. The number of ether oxygens (including phenoxy) is 1. The van der Waals surface area contributed by atoms with E-state index >= 15 is 0 Å². The number of carbonyl (C=O) groups is 1. The third-order valence-electron chi connectivity index (χ3n) is 1.80. The summed E-state index contributed by atoms with van der Waals surface area (Å²) in [5.74, 6) is 0.180. The topological polar surface area (TPSA) is 106 Å². The van der Waals surface area contributed by atoms with Crippen LogP contribution in [-0.4, -0.2) is 48.6 Å². The number of methoxy groups -OCH3 is 1. The number of rotatable bonds is 4. The summed E-state index contributed by atoms with van der Waals surface area (Å²) in [6.07, 6.45) is 0. The molecule has 8 nitrogen and oxygen atoms in total. The standard InChI is InChI=1S/C8H14N6O2/c1-10-5(15)4-14(2)7-11-6(9)12-8(13-7)16-3/h4H2,1-3H3,(H,10,15)(H2,9,11,12,13). The number of likely N-dealkylation sites (N-methyl/N-ethyl adjacent to an activating group) is 2. The van der Waals surface area contributed by atoms with Crippen LogP contribution in [0.25, 0.3) is 0 Å². The van der Waals surface area contributed by atoms with Crippen molar-refractivity contribution >= 4 is 17.8 Å². The van der Waals surface area contributed by atoms with Crippen LogP contribution in [0.5, 0.6) is 6.01 Å². The first kappa shape index (κ1) is 12.0. The molecule has 0 atom stereocenters. The van der Waals surface area contributed by atoms with Crippen molar-refractivity contribution in [3.05, 3.63) is 0 Å². The molecule has 1 heterocycles. The number of amides is 1. The minimum atomic E-state index is -0.152. The van der Waals surface area contributed by atoms with Crippen molar-refractivity contribution < 1.29 is 9.53 Å². The third-order valence-corrected chi connectivity index (χ3v) is 1.80. The monoisotopic (exact) mass is 226 g/mol. The summed E-state index contributed by atoms with van der Waals surface area (Å²) in [4.78, 5) is 24.3. The Morgan fingerprint density at radius 2 is 2.19 bits per heavy atom. The summed E-state index contributed by atoms with van der Waals surface area (Å²) < 4.78 is 4.85. The Kier molecular flexibility index (Phi) is 3.81. The van der Waals surface area contributed by atoms with Gasteiger partial charge in [-0.25, -0.2) is 0 Å². The number of nitrogen functional groups attached to an aromatic ring is 1. The molecule has 0 aliphatic rings. The van der Waals surface area contributed by atoms with Gasteiger partial charge in [0.2, 0.25) is 17.8 Å². The van der Waals surface area contributed by atoms with Gasteiger partial charge in [-0.15, -0.1) is 0 Å². The van der Waals surface area contributed by atoms with Crippen LogP contribution >= 0.6 is 0 Å². The van der Waals surface area contributed by atoms with Crippen LogP contribution in [0.2, 0.25) is 0 Å². The molecular weight excluding hydrogens is 212 g/mol. The molecule has 0 aliphatic carbocycles. The van der Waals surface area contributed by atoms with Crippen LogP contribution < -0.4 is 20.7 Å². The summed E-state index contributed by atoms with van der Waals surface area (Å²) in [6, 6.07) is 0.117. The van der Waals surface area contributed by atoms with Gasteiger partial charge in [-0.2, -0.15) is 15.0 Å². The largest absolute Gasteiger partial charge is 0.467 e. The van der Waals surface area contributed by atoms with Gasteiger partial charge in [0.15, 0.2) is 0 Å². The molecule has 0 radical (unpaired) electrons. The predicted octanol–water partition coefficient (Wildman–Crippen LogP) is -1.36. The quantitative estimate of drug-likeness (QED) is 0.653. The lowest BCUT2D eigenvalue weighted by Crippen LogP contribution is -2.34. The van der Waals surface area contributed by atoms with E-state index < -0.39 is 0 Å². The molecule has 0 aliphatic heterocycles. The Morgan fingerprint density at radius 3 is 2.75 bits per heavy atom. The first-order chi connectivity index (χ1) is 7.56. The minimum Gasteiger partial charge on any atom is -0.467 e. The first-order valence-corrected chi connectivity index (χ1v) is 4.54. The lowest BCUT2D eigenvalue weighted by molar-refractivity contribution is -0.119. The summed E-state index contributed by atoms with van der Waals surface area (Å²) in [7, 11) is 4.65. The molecule has 8 heteroatoms. The summed E-state index contributed by atoms with van der Waals surface area (Å²) >= 11 is 0. The van der Waals surface area contributed by atoms with Gasteiger partial charge in [0.25, 0.3) is 0 Å². The Labute approximate surface area is 92.8 Å². The number of carbonyl (C=O) groups excluding carboxylic acids is 1. The smallest absolute Gasteiger partial charge is 0.322 e. The van der Waals surface area contributed by atoms with Gasteiger partial charge in [-0.1, -0.05) is 0 Å². The van der Waals surface area contributed by atoms with Crippen molar-refractivity contribution in [3.8, 4) is 6.01 Å². The Balaban J connectivity index is 2.86. The van der Waals surface area contributed by atoms with E-state index in [1.165, 1.54) is 7.11 Å². The summed E-state index contributed by atoms with van der Waals surface area (Å²) in [5, 5.41) is 2.49. The van der Waals surface area contributed by atoms with E-state index in [0.717, 1.165) is 0 Å². The second-order valence-electron chi connectivity index (χ2n) is 3.01. The second kappa shape index (κ2) is 5.10. The van der Waals surface area contributed by atoms with E-state index in [0.29, 0.717) is 0 Å². The zero-order chi connectivity index (χ0) is 12.1. The average Bonchev–Trinajstić information content (AvgIpc) is 2.27. The lowest BCUT2D eigenvalue weighted by Gasteiger charge is -2.15. The highest BCUT2D eigenvalue weighted by molar-refractivity contribution is 5.80. The predicted molar refractivity (Wildman–Crippen MR) is 58.1 cm³/mol. The summed E-state index contributed by atoms with van der Waals surface area (Å²) in [5.41, 5.74) is 5.47. The molecule has 1 rings (SSSR count). The number of anilines is 2. The van der Waals surface area contributed by atoms with E-state index in [9.17, 15) is 4.79 Å². The van der Waals surface area contributed by atoms with Crippen LogP contribution in [0, 0.1) is 0 Å². The molecule has 1 amide bonds. The molecule has 3 N–H and O–H groups in total. The van der Waals surface area contributed by atoms with E-state index in [2.05, 4.69) is 20.3 Å². The maximum Gasteiger partial charge on any atom is 0.322 e. The molecule has 1 aromatic heterocycles. The van der Waals surface area contributed by atoms with Crippen LogP contribution in [0.15, 0.2) is 0 Å². The van der Waals surface area contributed by atoms with Crippen LogP contribution in [0.3, 0.4) is 0 Å². The minimum absolute atomic E-state index is 0.0469. The SMILES string of the molecule is CNC(=O)CN(C)c1nc(N)nc(OC)n1. The number of hydrogen-bond donors (Lipinski definition) is 2. The Bertz CT molecular complexity index is 383. The molecule has 1 aromatic rings. The van der Waals surface area contributed by atoms with E-state index in [4.69, 9.17) is 10.5 Å². The lowest BCUT2D eigenvalue weighted by atomic mass is 10.5. The number of nitrogens with one attached hydrogen (secondary N) is 1. The second-order valence-corrected chi connectivity index (χ2v) is 3.01. The molecule has 0 aromatic carbocycles. The van der Waals surface area contributed by atoms with Crippen molar-refractivity contribution in [3.63, 3.8) is 0 Å². The molecule has 0 bridgehead atoms. The van der Waals surface area contributed by atoms with Crippen molar-refractivity contribution in [1.82, 2.24) is 20.3 Å². The molecule has 0 spiro atoms. The third kappa shape index (κ3) is 2.94. The van der Waals surface area contributed by atoms with Gasteiger partial charge >= 0.3 is 6.01 Å². The van der Waals surface area contributed by atoms with Crippen LogP contribution in [-0.2, 0) is 4.79 Å². The number of nitrogens with two attached hydrogens (primary N) is 1. The summed E-state index contributed by atoms with van der Waals surface area (Å²) in [6.45, 7) is 0.128. The van der Waals surface area contributed by atoms with Gasteiger partial charge in [-0.3, -0.25) is 4.79 Å². The zero-order valence-electron chi connectivity index (χ0n) is 9.39. The molecule has 0 unspecified atom stereocenters. The molecule has 0 fully saturated rings. The van der Waals surface area contributed by atoms with Gasteiger partial charge < -0.3 is 20.7 Å². The van der Waals surface area contributed by atoms with Crippen molar-refractivity contribution in [2.75, 3.05) is 38.4 Å². The highest BCUT2D eigenvalue weighted by atomic mass is 16.5. The molecule has 0 saturated heterocycles. The van der Waals surface area contributed by atoms with E-state index in [1.807, 2.05) is 0 Å². The van der Waals surface area contributed by atoms with Gasteiger partial charge in [-0.05, 0) is 0 Å². The highest BCUT2D eigenvalue weighted by Crippen LogP contribution is 2.11. The fourth-order valence-electron chi connectivity index (χ4n) is 0.988. The van der Waals surface area contributed by atoms with E-state index in [-0.39, 0.29) is 30.4 Å². The van der Waals surface area contributed by atoms with Crippen molar-refractivity contribution in [2.45, 2.75) is 0 Å². The molecule has 88 valence electrons. The highest BCUT2D eigenvalue weighted by Gasteiger charge is 2.11. The number of hydrogen-bond acceptors (Lipinski definition) is 7. The van der Waals surface area contributed by atoms with Gasteiger partial charge in [0, 0.05) is 14.1 Å². The van der Waals surface area contributed by atoms with E-state index in [1.54, 1.807) is 19.0 Å². The van der Waals surface area contributed by atoms with Gasteiger partial charge in [0.05, 0.1) is 13.7 Å². The maximum atomic E-state index is 11.1. The fourth-order valence-corrected chi connectivity index (χ4v) is 0.988. The maximum absolute atomic E-state index is 11.1. The average molecular weight is 226 g/mol. The van der Waals surface area contributed by atoms with Crippen molar-refractivity contribution in [2.24, 2.45) is 0 Å². The Morgan fingerprint density at radius 1 is 1.50 bits per heavy atom. The molecule has 16 heavy (non-hydrogen) atoms. The number of nitrogens with zero attached hydrogens (tertiary/aromatic N) is 4. The van der Waals surface area contributed by atoms with Gasteiger partial charge in [0.1, 0.15) is 0 Å². The Hall–Kier alpha value is -2.12. The van der Waals surface area contributed by atoms with Crippen LogP contribution in [0.1, 0.15) is 0 Å². The van der Waals surface area contributed by atoms with Crippen molar-refractivity contribution in [1.29, 1.82) is 0 Å².